The molecule has 0 spiro atoms. The number of benzene rings is 2. The molecule has 0 saturated carbocycles. The smallest absolute Gasteiger partial charge is 0.225 e. The van der Waals surface area contributed by atoms with Crippen LogP contribution in [-0.4, -0.2) is 27.7 Å². The third-order valence-electron chi connectivity index (χ3n) is 4.50. The summed E-state index contributed by atoms with van der Waals surface area (Å²) in [6.07, 6.45) is 0. The lowest BCUT2D eigenvalue weighted by molar-refractivity contribution is 0.248. The van der Waals surface area contributed by atoms with Gasteiger partial charge in [-0.2, -0.15) is 4.98 Å². The Morgan fingerprint density at radius 2 is 1.71 bits per heavy atom. The molecule has 0 aliphatic heterocycles. The number of halogens is 1. The number of aromatic nitrogens is 2. The van der Waals surface area contributed by atoms with Gasteiger partial charge in [-0.3, -0.25) is 0 Å². The molecule has 0 radical (unpaired) electrons. The molecule has 1 atom stereocenters. The second kappa shape index (κ2) is 9.53. The number of nitrogens with one attached hydrogen (secondary N) is 2. The summed E-state index contributed by atoms with van der Waals surface area (Å²) in [5.74, 6) is 1.46. The summed E-state index contributed by atoms with van der Waals surface area (Å²) in [4.78, 5) is 9.24. The summed E-state index contributed by atoms with van der Waals surface area (Å²) in [5, 5.41) is 17.0. The van der Waals surface area contributed by atoms with Gasteiger partial charge in [0.15, 0.2) is 0 Å². The highest BCUT2D eigenvalue weighted by Gasteiger charge is 2.15. The Labute approximate surface area is 170 Å². The molecular formula is C22H25ClN4O. The molecule has 0 unspecified atom stereocenters. The summed E-state index contributed by atoms with van der Waals surface area (Å²) < 4.78 is 0. The van der Waals surface area contributed by atoms with Crippen LogP contribution in [-0.2, 0) is 6.54 Å². The summed E-state index contributed by atoms with van der Waals surface area (Å²) in [6, 6.07) is 19.5. The molecule has 3 rings (SSSR count). The van der Waals surface area contributed by atoms with Crippen LogP contribution in [0.2, 0.25) is 5.02 Å². The van der Waals surface area contributed by atoms with E-state index in [0.717, 1.165) is 16.8 Å². The van der Waals surface area contributed by atoms with Crippen molar-refractivity contribution < 1.29 is 5.11 Å². The molecule has 5 nitrogen and oxygen atoms in total. The predicted molar refractivity (Wildman–Crippen MR) is 116 cm³/mol. The van der Waals surface area contributed by atoms with Gasteiger partial charge in [-0.05, 0) is 23.6 Å². The van der Waals surface area contributed by atoms with Crippen molar-refractivity contribution in [2.75, 3.05) is 17.2 Å². The minimum Gasteiger partial charge on any atom is -0.394 e. The van der Waals surface area contributed by atoms with Gasteiger partial charge < -0.3 is 15.7 Å². The maximum absolute atomic E-state index is 9.64. The maximum atomic E-state index is 9.64. The summed E-state index contributed by atoms with van der Waals surface area (Å²) in [6.45, 7) is 4.74. The predicted octanol–water partition coefficient (Wildman–Crippen LogP) is 4.84. The van der Waals surface area contributed by atoms with E-state index in [2.05, 4.69) is 34.4 Å². The van der Waals surface area contributed by atoms with E-state index in [-0.39, 0.29) is 18.6 Å². The highest BCUT2D eigenvalue weighted by atomic mass is 35.5. The third-order valence-corrected chi connectivity index (χ3v) is 4.75. The zero-order valence-corrected chi connectivity index (χ0v) is 16.8. The van der Waals surface area contributed by atoms with Crippen LogP contribution in [0.5, 0.6) is 0 Å². The zero-order chi connectivity index (χ0) is 19.9. The van der Waals surface area contributed by atoms with Crippen molar-refractivity contribution in [3.63, 3.8) is 0 Å². The minimum absolute atomic E-state index is 0.0180. The van der Waals surface area contributed by atoms with E-state index in [0.29, 0.717) is 23.3 Å². The molecule has 0 aliphatic carbocycles. The Hall–Kier alpha value is -2.63. The van der Waals surface area contributed by atoms with Crippen molar-refractivity contribution in [2.45, 2.75) is 26.4 Å². The average molecular weight is 397 g/mol. The molecular weight excluding hydrogens is 372 g/mol. The molecule has 146 valence electrons. The van der Waals surface area contributed by atoms with E-state index in [1.807, 2.05) is 60.7 Å². The minimum atomic E-state index is -0.116. The van der Waals surface area contributed by atoms with Crippen LogP contribution < -0.4 is 10.6 Å². The molecule has 0 amide bonds. The van der Waals surface area contributed by atoms with Crippen LogP contribution in [0.4, 0.5) is 11.8 Å². The number of nitrogens with zero attached hydrogens (tertiary/aromatic N) is 2. The largest absolute Gasteiger partial charge is 0.394 e. The number of rotatable bonds is 8. The van der Waals surface area contributed by atoms with Crippen LogP contribution in [0.25, 0.3) is 11.3 Å². The first kappa shape index (κ1) is 20.1. The zero-order valence-electron chi connectivity index (χ0n) is 16.1. The van der Waals surface area contributed by atoms with Crippen LogP contribution in [0.15, 0.2) is 60.7 Å². The Balaban J connectivity index is 1.87. The first-order valence-corrected chi connectivity index (χ1v) is 9.73. The van der Waals surface area contributed by atoms with E-state index >= 15 is 0 Å². The van der Waals surface area contributed by atoms with Crippen LogP contribution in [0.1, 0.15) is 19.4 Å². The SMILES string of the molecule is CC(C)[C@H](CO)Nc1nc(NCc2ccc(Cl)cc2)cc(-c2ccccc2)n1. The summed E-state index contributed by atoms with van der Waals surface area (Å²) in [5.41, 5.74) is 2.93. The fraction of sp³-hybridized carbons (Fsp3) is 0.273. The van der Waals surface area contributed by atoms with Gasteiger partial charge in [-0.25, -0.2) is 4.98 Å². The van der Waals surface area contributed by atoms with E-state index in [1.54, 1.807) is 0 Å². The first-order valence-electron chi connectivity index (χ1n) is 9.35. The topological polar surface area (TPSA) is 70.1 Å². The molecule has 28 heavy (non-hydrogen) atoms. The van der Waals surface area contributed by atoms with Crippen molar-refractivity contribution in [2.24, 2.45) is 5.92 Å². The maximum Gasteiger partial charge on any atom is 0.225 e. The van der Waals surface area contributed by atoms with Crippen molar-refractivity contribution in [1.29, 1.82) is 0 Å². The normalized spacial score (nSPS) is 12.0. The molecule has 0 saturated heterocycles. The highest BCUT2D eigenvalue weighted by Crippen LogP contribution is 2.22. The summed E-state index contributed by atoms with van der Waals surface area (Å²) >= 11 is 5.96. The van der Waals surface area contributed by atoms with Gasteiger partial charge in [0.05, 0.1) is 18.3 Å². The number of aliphatic hydroxyl groups excluding tert-OH is 1. The van der Waals surface area contributed by atoms with Gasteiger partial charge in [-0.1, -0.05) is 67.9 Å². The van der Waals surface area contributed by atoms with Crippen LogP contribution in [0.3, 0.4) is 0 Å². The van der Waals surface area contributed by atoms with Gasteiger partial charge in [0.25, 0.3) is 0 Å². The number of aliphatic hydroxyl groups is 1. The van der Waals surface area contributed by atoms with E-state index in [4.69, 9.17) is 11.6 Å². The number of hydrogen-bond donors (Lipinski definition) is 3. The second-order valence-electron chi connectivity index (χ2n) is 6.99. The Morgan fingerprint density at radius 3 is 2.36 bits per heavy atom. The standard InChI is InChI=1S/C22H25ClN4O/c1-15(2)20(14-28)26-22-25-19(17-6-4-3-5-7-17)12-21(27-22)24-13-16-8-10-18(23)11-9-16/h3-12,15,20,28H,13-14H2,1-2H3,(H2,24,25,26,27)/t20-/m0/s1. The quantitative estimate of drug-likeness (QED) is 0.508. The molecule has 2 aromatic carbocycles. The number of anilines is 2. The fourth-order valence-corrected chi connectivity index (χ4v) is 2.87. The van der Waals surface area contributed by atoms with Gasteiger partial charge >= 0.3 is 0 Å². The molecule has 3 aromatic rings. The van der Waals surface area contributed by atoms with Gasteiger partial charge in [0.2, 0.25) is 5.95 Å². The van der Waals surface area contributed by atoms with Gasteiger partial charge in [-0.15, -0.1) is 0 Å². The van der Waals surface area contributed by atoms with E-state index in [1.165, 1.54) is 0 Å². The van der Waals surface area contributed by atoms with E-state index in [9.17, 15) is 5.11 Å². The average Bonchev–Trinajstić information content (AvgIpc) is 2.72. The van der Waals surface area contributed by atoms with E-state index < -0.39 is 0 Å². The molecule has 3 N–H and O–H groups in total. The lowest BCUT2D eigenvalue weighted by Crippen LogP contribution is -2.30. The lowest BCUT2D eigenvalue weighted by atomic mass is 10.1. The van der Waals surface area contributed by atoms with Gasteiger partial charge in [0, 0.05) is 23.2 Å². The molecule has 1 heterocycles. The van der Waals surface area contributed by atoms with Crippen LogP contribution >= 0.6 is 11.6 Å². The lowest BCUT2D eigenvalue weighted by Gasteiger charge is -2.20. The Bertz CT molecular complexity index is 885. The van der Waals surface area contributed by atoms with Crippen LogP contribution in [0, 0.1) is 5.92 Å². The molecule has 6 heteroatoms. The third kappa shape index (κ3) is 5.44. The molecule has 1 aromatic heterocycles. The fourth-order valence-electron chi connectivity index (χ4n) is 2.74. The highest BCUT2D eigenvalue weighted by molar-refractivity contribution is 6.30. The van der Waals surface area contributed by atoms with Crippen molar-refractivity contribution in [3.8, 4) is 11.3 Å². The van der Waals surface area contributed by atoms with Crippen molar-refractivity contribution in [1.82, 2.24) is 9.97 Å². The molecule has 0 fully saturated rings. The second-order valence-corrected chi connectivity index (χ2v) is 7.42. The number of hydrogen-bond acceptors (Lipinski definition) is 5. The van der Waals surface area contributed by atoms with Crippen molar-refractivity contribution in [3.05, 3.63) is 71.2 Å². The Kier molecular flexibility index (Phi) is 6.85. The van der Waals surface area contributed by atoms with Crippen molar-refractivity contribution >= 4 is 23.4 Å². The molecule has 0 aliphatic rings. The summed E-state index contributed by atoms with van der Waals surface area (Å²) in [7, 11) is 0. The Morgan fingerprint density at radius 1 is 1.00 bits per heavy atom. The van der Waals surface area contributed by atoms with Gasteiger partial charge in [0.1, 0.15) is 5.82 Å². The molecule has 0 bridgehead atoms. The monoisotopic (exact) mass is 396 g/mol. The first-order chi connectivity index (χ1) is 13.5.